The van der Waals surface area contributed by atoms with Crippen LogP contribution < -0.4 is 15.4 Å². The zero-order chi connectivity index (χ0) is 32.5. The van der Waals surface area contributed by atoms with Gasteiger partial charge in [-0.3, -0.25) is 9.59 Å². The van der Waals surface area contributed by atoms with Gasteiger partial charge in [-0.1, -0.05) is 26.8 Å². The SMILES string of the molecule is COc1cccc(NC(=O)CC[C@H](NC(=O)CC[C@@H](C)[C@H]2CC[C@H]3[C@@H]4[C@H](O)C[C@H]5C[C@H](O)CC[C@]5(C)[C@H]4CC[C@]23C)C(=O)O)c1. The monoisotopic (exact) mass is 626 g/mol. The number of benzene rings is 1. The molecule has 0 aliphatic heterocycles. The molecule has 9 heteroatoms. The van der Waals surface area contributed by atoms with Crippen LogP contribution in [0.2, 0.25) is 0 Å². The molecule has 11 atom stereocenters. The summed E-state index contributed by atoms with van der Waals surface area (Å²) in [5.74, 6) is 1.25. The van der Waals surface area contributed by atoms with E-state index in [1.807, 2.05) is 0 Å². The Bertz CT molecular complexity index is 1240. The average Bonchev–Trinajstić information content (AvgIpc) is 3.36. The molecule has 2 amide bonds. The number of ether oxygens (including phenoxy) is 1. The van der Waals surface area contributed by atoms with E-state index in [1.165, 1.54) is 7.11 Å². The van der Waals surface area contributed by atoms with Crippen molar-refractivity contribution in [1.29, 1.82) is 0 Å². The molecule has 0 heterocycles. The first-order valence-electron chi connectivity index (χ1n) is 17.2. The topological polar surface area (TPSA) is 145 Å². The van der Waals surface area contributed by atoms with Crippen LogP contribution in [0.1, 0.15) is 97.8 Å². The van der Waals surface area contributed by atoms with Gasteiger partial charge in [-0.2, -0.15) is 0 Å². The normalized spacial score (nSPS) is 36.9. The minimum Gasteiger partial charge on any atom is -0.497 e. The Morgan fingerprint density at radius 3 is 2.40 bits per heavy atom. The Kier molecular flexibility index (Phi) is 10.2. The highest BCUT2D eigenvalue weighted by atomic mass is 16.5. The fourth-order valence-corrected chi connectivity index (χ4v) is 10.5. The smallest absolute Gasteiger partial charge is 0.326 e. The number of hydrogen-bond donors (Lipinski definition) is 5. The summed E-state index contributed by atoms with van der Waals surface area (Å²) in [5.41, 5.74) is 0.878. The molecule has 5 rings (SSSR count). The molecule has 1 aromatic rings. The highest BCUT2D eigenvalue weighted by molar-refractivity contribution is 5.91. The lowest BCUT2D eigenvalue weighted by atomic mass is 9.43. The maximum absolute atomic E-state index is 12.9. The number of fused-ring (bicyclic) bond motifs is 5. The Morgan fingerprint density at radius 1 is 0.956 bits per heavy atom. The molecule has 0 spiro atoms. The summed E-state index contributed by atoms with van der Waals surface area (Å²) >= 11 is 0. The van der Waals surface area contributed by atoms with Crippen LogP contribution in [0.3, 0.4) is 0 Å². The highest BCUT2D eigenvalue weighted by Crippen LogP contribution is 2.68. The van der Waals surface area contributed by atoms with Gasteiger partial charge in [-0.05, 0) is 123 Å². The van der Waals surface area contributed by atoms with Crippen molar-refractivity contribution in [3.63, 3.8) is 0 Å². The number of nitrogens with one attached hydrogen (secondary N) is 2. The predicted molar refractivity (Wildman–Crippen MR) is 171 cm³/mol. The van der Waals surface area contributed by atoms with Crippen LogP contribution >= 0.6 is 0 Å². The van der Waals surface area contributed by atoms with Crippen molar-refractivity contribution in [3.05, 3.63) is 24.3 Å². The van der Waals surface area contributed by atoms with Gasteiger partial charge in [0.05, 0.1) is 19.3 Å². The molecule has 0 unspecified atom stereocenters. The quantitative estimate of drug-likeness (QED) is 0.221. The lowest BCUT2D eigenvalue weighted by molar-refractivity contribution is -0.174. The number of carboxylic acids is 1. The maximum atomic E-state index is 12.9. The van der Waals surface area contributed by atoms with Crippen molar-refractivity contribution in [2.24, 2.45) is 46.3 Å². The molecule has 9 nitrogen and oxygen atoms in total. The van der Waals surface area contributed by atoms with Gasteiger partial charge in [-0.25, -0.2) is 4.79 Å². The summed E-state index contributed by atoms with van der Waals surface area (Å²) in [5, 5.41) is 37.0. The number of rotatable bonds is 11. The maximum Gasteiger partial charge on any atom is 0.326 e. The second-order valence-electron chi connectivity index (χ2n) is 15.2. The molecule has 4 saturated carbocycles. The Morgan fingerprint density at radius 2 is 1.67 bits per heavy atom. The van der Waals surface area contributed by atoms with Crippen LogP contribution in [0.5, 0.6) is 5.75 Å². The third kappa shape index (κ3) is 6.90. The van der Waals surface area contributed by atoms with Crippen molar-refractivity contribution in [3.8, 4) is 5.75 Å². The summed E-state index contributed by atoms with van der Waals surface area (Å²) < 4.78 is 5.17. The average molecular weight is 627 g/mol. The second-order valence-corrected chi connectivity index (χ2v) is 15.2. The Labute approximate surface area is 267 Å². The molecule has 0 aromatic heterocycles. The number of hydrogen-bond acceptors (Lipinski definition) is 6. The molecule has 0 radical (unpaired) electrons. The first kappa shape index (κ1) is 33.7. The van der Waals surface area contributed by atoms with Gasteiger partial charge in [-0.15, -0.1) is 0 Å². The summed E-state index contributed by atoms with van der Waals surface area (Å²) in [7, 11) is 1.54. The van der Waals surface area contributed by atoms with Gasteiger partial charge in [0.25, 0.3) is 0 Å². The highest BCUT2D eigenvalue weighted by Gasteiger charge is 2.62. The number of amides is 2. The standard InChI is InChI=1S/C36H54N2O7/c1-21(8-12-32(42)38-29(34(43)44)11-13-31(41)37-23-6-5-7-25(20-23)45-4)26-9-10-27-33-28(15-17-36(26,27)3)35(2)16-14-24(39)18-22(35)19-30(33)40/h5-7,20-22,24,26-30,33,39-40H,8-19H2,1-4H3,(H,37,41)(H,38,42)(H,43,44)/t21-,22-,24-,26-,27+,28+,29+,30-,33+,35+,36-/m1/s1. The fourth-order valence-electron chi connectivity index (χ4n) is 10.5. The van der Waals surface area contributed by atoms with Gasteiger partial charge < -0.3 is 30.7 Å². The summed E-state index contributed by atoms with van der Waals surface area (Å²) in [6.07, 6.45) is 8.34. The van der Waals surface area contributed by atoms with Crippen LogP contribution in [-0.2, 0) is 14.4 Å². The van der Waals surface area contributed by atoms with Crippen LogP contribution in [0.15, 0.2) is 24.3 Å². The molecule has 4 aliphatic carbocycles. The van der Waals surface area contributed by atoms with Crippen LogP contribution in [0, 0.1) is 46.3 Å². The molecule has 45 heavy (non-hydrogen) atoms. The second kappa shape index (κ2) is 13.6. The zero-order valence-electron chi connectivity index (χ0n) is 27.5. The van der Waals surface area contributed by atoms with Crippen molar-refractivity contribution in [2.45, 2.75) is 116 Å². The van der Waals surface area contributed by atoms with Crippen molar-refractivity contribution in [2.75, 3.05) is 12.4 Å². The van der Waals surface area contributed by atoms with E-state index < -0.39 is 12.0 Å². The zero-order valence-corrected chi connectivity index (χ0v) is 27.5. The molecule has 4 fully saturated rings. The fraction of sp³-hybridized carbons (Fsp3) is 0.750. The summed E-state index contributed by atoms with van der Waals surface area (Å²) in [4.78, 5) is 37.3. The third-order valence-corrected chi connectivity index (χ3v) is 12.9. The molecule has 0 bridgehead atoms. The van der Waals surface area contributed by atoms with E-state index >= 15 is 0 Å². The number of methoxy groups -OCH3 is 1. The first-order valence-corrected chi connectivity index (χ1v) is 17.2. The van der Waals surface area contributed by atoms with Gasteiger partial charge in [0, 0.05) is 24.6 Å². The van der Waals surface area contributed by atoms with Gasteiger partial charge >= 0.3 is 5.97 Å². The minimum atomic E-state index is -1.15. The van der Waals surface area contributed by atoms with Crippen LogP contribution in [0.4, 0.5) is 5.69 Å². The number of carbonyl (C=O) groups is 3. The lowest BCUT2D eigenvalue weighted by Crippen LogP contribution is -2.58. The van der Waals surface area contributed by atoms with Gasteiger partial charge in [0.2, 0.25) is 11.8 Å². The van der Waals surface area contributed by atoms with E-state index in [1.54, 1.807) is 24.3 Å². The van der Waals surface area contributed by atoms with Gasteiger partial charge in [0.1, 0.15) is 11.8 Å². The number of anilines is 1. The lowest BCUT2D eigenvalue weighted by Gasteiger charge is -2.62. The number of aliphatic hydroxyl groups excluding tert-OH is 2. The van der Waals surface area contributed by atoms with Gasteiger partial charge in [0.15, 0.2) is 0 Å². The summed E-state index contributed by atoms with van der Waals surface area (Å²) in [6.45, 7) is 7.08. The minimum absolute atomic E-state index is 0.00156. The molecule has 250 valence electrons. The van der Waals surface area contributed by atoms with Crippen molar-refractivity contribution < 1.29 is 34.4 Å². The first-order chi connectivity index (χ1) is 21.4. The number of aliphatic hydroxyl groups is 2. The van der Waals surface area contributed by atoms with E-state index in [9.17, 15) is 29.7 Å². The number of aliphatic carboxylic acids is 1. The van der Waals surface area contributed by atoms with E-state index in [4.69, 9.17) is 4.74 Å². The Hall–Kier alpha value is -2.65. The summed E-state index contributed by atoms with van der Waals surface area (Å²) in [6, 6.07) is 5.80. The van der Waals surface area contributed by atoms with E-state index in [0.29, 0.717) is 53.4 Å². The molecule has 4 aliphatic rings. The Balaban J connectivity index is 1.13. The van der Waals surface area contributed by atoms with Crippen LogP contribution in [0.25, 0.3) is 0 Å². The van der Waals surface area contributed by atoms with Crippen molar-refractivity contribution in [1.82, 2.24) is 5.32 Å². The predicted octanol–water partition coefficient (Wildman–Crippen LogP) is 5.39. The molecule has 1 aromatic carbocycles. The molecule has 0 saturated heterocycles. The molecular formula is C36H54N2O7. The molecular weight excluding hydrogens is 572 g/mol. The van der Waals surface area contributed by atoms with E-state index in [0.717, 1.165) is 51.4 Å². The van der Waals surface area contributed by atoms with Crippen molar-refractivity contribution >= 4 is 23.5 Å². The largest absolute Gasteiger partial charge is 0.497 e. The molecule has 5 N–H and O–H groups in total. The third-order valence-electron chi connectivity index (χ3n) is 12.9. The van der Waals surface area contributed by atoms with E-state index in [-0.39, 0.29) is 54.1 Å². The number of carbonyl (C=O) groups excluding carboxylic acids is 2. The van der Waals surface area contributed by atoms with Crippen LogP contribution in [-0.4, -0.2) is 58.5 Å². The number of carboxylic acid groups (broad SMARTS) is 1. The van der Waals surface area contributed by atoms with E-state index in [2.05, 4.69) is 31.4 Å².